The van der Waals surface area contributed by atoms with Gasteiger partial charge < -0.3 is 9.47 Å². The number of nitrogens with zero attached hydrogens (tertiary/aromatic N) is 1. The van der Waals surface area contributed by atoms with Gasteiger partial charge in [-0.3, -0.25) is 24.5 Å². The second-order valence-electron chi connectivity index (χ2n) is 5.66. The van der Waals surface area contributed by atoms with Crippen LogP contribution in [0.15, 0.2) is 42.5 Å². The molecule has 0 N–H and O–H groups in total. The van der Waals surface area contributed by atoms with Gasteiger partial charge in [0.2, 0.25) is 5.78 Å². The fraction of sp³-hybridized carbons (Fsp3) is 0.211. The van der Waals surface area contributed by atoms with E-state index in [2.05, 4.69) is 0 Å². The molecular formula is C19H16ClNO7. The SMILES string of the molecule is COc1ccc(C(=O)CCC(=O)OCC(=O)c2ccc(Cl)c([N+](=O)[O-])c2)cc1. The van der Waals surface area contributed by atoms with Gasteiger partial charge in [0.1, 0.15) is 10.8 Å². The number of esters is 1. The Labute approximate surface area is 165 Å². The fourth-order valence-corrected chi connectivity index (χ4v) is 2.45. The maximum atomic E-state index is 12.0. The van der Waals surface area contributed by atoms with E-state index in [9.17, 15) is 24.5 Å². The van der Waals surface area contributed by atoms with Gasteiger partial charge >= 0.3 is 5.97 Å². The van der Waals surface area contributed by atoms with Gasteiger partial charge in [-0.25, -0.2) is 0 Å². The number of Topliss-reactive ketones (excluding diaryl/α,β-unsaturated/α-hetero) is 2. The molecule has 0 saturated heterocycles. The summed E-state index contributed by atoms with van der Waals surface area (Å²) in [5, 5.41) is 10.7. The van der Waals surface area contributed by atoms with Crippen LogP contribution in [-0.4, -0.2) is 36.2 Å². The number of ketones is 2. The van der Waals surface area contributed by atoms with Gasteiger partial charge in [0, 0.05) is 23.6 Å². The lowest BCUT2D eigenvalue weighted by atomic mass is 10.1. The summed E-state index contributed by atoms with van der Waals surface area (Å²) in [6.45, 7) is -0.589. The van der Waals surface area contributed by atoms with Gasteiger partial charge in [0.25, 0.3) is 5.69 Å². The third-order valence-corrected chi connectivity index (χ3v) is 4.12. The highest BCUT2D eigenvalue weighted by Crippen LogP contribution is 2.25. The van der Waals surface area contributed by atoms with E-state index in [0.29, 0.717) is 11.3 Å². The predicted molar refractivity (Wildman–Crippen MR) is 100.0 cm³/mol. The highest BCUT2D eigenvalue weighted by Gasteiger charge is 2.18. The zero-order valence-electron chi connectivity index (χ0n) is 14.8. The number of carbonyl (C=O) groups excluding carboxylic acids is 3. The number of nitro groups is 1. The largest absolute Gasteiger partial charge is 0.497 e. The molecule has 0 aromatic heterocycles. The predicted octanol–water partition coefficient (Wildman–Crippen LogP) is 3.65. The molecule has 9 heteroatoms. The Kier molecular flexibility index (Phi) is 7.22. The van der Waals surface area contributed by atoms with Crippen molar-refractivity contribution in [3.63, 3.8) is 0 Å². The van der Waals surface area contributed by atoms with Crippen molar-refractivity contribution in [1.82, 2.24) is 0 Å². The van der Waals surface area contributed by atoms with E-state index in [1.54, 1.807) is 24.3 Å². The Morgan fingerprint density at radius 3 is 2.25 bits per heavy atom. The monoisotopic (exact) mass is 405 g/mol. The molecule has 2 aromatic carbocycles. The molecule has 2 rings (SSSR count). The molecule has 8 nitrogen and oxygen atoms in total. The van der Waals surface area contributed by atoms with Crippen LogP contribution in [0, 0.1) is 10.1 Å². The van der Waals surface area contributed by atoms with Crippen LogP contribution in [-0.2, 0) is 9.53 Å². The van der Waals surface area contributed by atoms with Gasteiger partial charge in [-0.05, 0) is 36.4 Å². The Balaban J connectivity index is 1.84. The molecule has 2 aromatic rings. The van der Waals surface area contributed by atoms with E-state index in [4.69, 9.17) is 21.1 Å². The van der Waals surface area contributed by atoms with Crippen molar-refractivity contribution in [3.8, 4) is 5.75 Å². The minimum Gasteiger partial charge on any atom is -0.497 e. The van der Waals surface area contributed by atoms with Crippen LogP contribution in [0.4, 0.5) is 5.69 Å². The second kappa shape index (κ2) is 9.61. The van der Waals surface area contributed by atoms with Crippen molar-refractivity contribution in [2.24, 2.45) is 0 Å². The Morgan fingerprint density at radius 1 is 1.00 bits per heavy atom. The molecule has 0 fully saturated rings. The van der Waals surface area contributed by atoms with Crippen molar-refractivity contribution in [1.29, 1.82) is 0 Å². The number of ether oxygens (including phenoxy) is 2. The molecule has 0 bridgehead atoms. The molecule has 0 aliphatic carbocycles. The maximum Gasteiger partial charge on any atom is 0.306 e. The summed E-state index contributed by atoms with van der Waals surface area (Å²) in [6, 6.07) is 9.99. The minimum absolute atomic E-state index is 0.00166. The standard InChI is InChI=1S/C19H16ClNO7/c1-27-14-5-2-12(3-6-14)17(22)8-9-19(24)28-11-18(23)13-4-7-15(20)16(10-13)21(25)26/h2-7,10H,8-9,11H2,1H3. The van der Waals surface area contributed by atoms with E-state index < -0.39 is 29.0 Å². The molecule has 0 saturated carbocycles. The summed E-state index contributed by atoms with van der Waals surface area (Å²) in [7, 11) is 1.51. The van der Waals surface area contributed by atoms with Crippen LogP contribution >= 0.6 is 11.6 Å². The van der Waals surface area contributed by atoms with Crippen molar-refractivity contribution >= 4 is 34.8 Å². The van der Waals surface area contributed by atoms with Crippen LogP contribution in [0.1, 0.15) is 33.6 Å². The number of hydrogen-bond donors (Lipinski definition) is 0. The van der Waals surface area contributed by atoms with Crippen molar-refractivity contribution in [3.05, 3.63) is 68.7 Å². The van der Waals surface area contributed by atoms with Crippen LogP contribution < -0.4 is 4.74 Å². The van der Waals surface area contributed by atoms with E-state index in [-0.39, 0.29) is 29.2 Å². The lowest BCUT2D eigenvalue weighted by Gasteiger charge is -2.05. The first-order valence-electron chi connectivity index (χ1n) is 8.12. The Morgan fingerprint density at radius 2 is 1.64 bits per heavy atom. The summed E-state index contributed by atoms with van der Waals surface area (Å²) < 4.78 is 9.85. The third kappa shape index (κ3) is 5.62. The molecule has 146 valence electrons. The minimum atomic E-state index is -0.723. The molecule has 0 aliphatic heterocycles. The molecule has 0 heterocycles. The zero-order chi connectivity index (χ0) is 20.7. The smallest absolute Gasteiger partial charge is 0.306 e. The van der Waals surface area contributed by atoms with Crippen LogP contribution in [0.2, 0.25) is 5.02 Å². The highest BCUT2D eigenvalue weighted by molar-refractivity contribution is 6.32. The van der Waals surface area contributed by atoms with Crippen LogP contribution in [0.25, 0.3) is 0 Å². The normalized spacial score (nSPS) is 10.2. The van der Waals surface area contributed by atoms with Gasteiger partial charge in [-0.1, -0.05) is 11.6 Å². The van der Waals surface area contributed by atoms with Crippen LogP contribution in [0.5, 0.6) is 5.75 Å². The first-order chi connectivity index (χ1) is 13.3. The summed E-state index contributed by atoms with van der Waals surface area (Å²) >= 11 is 5.68. The first kappa shape index (κ1) is 21.0. The molecule has 28 heavy (non-hydrogen) atoms. The number of nitro benzene ring substituents is 1. The Bertz CT molecular complexity index is 909. The average molecular weight is 406 g/mol. The first-order valence-corrected chi connectivity index (χ1v) is 8.49. The molecule has 0 spiro atoms. The number of methoxy groups -OCH3 is 1. The maximum absolute atomic E-state index is 12.0. The van der Waals surface area contributed by atoms with Gasteiger partial charge in [-0.2, -0.15) is 0 Å². The number of halogens is 1. The number of hydrogen-bond acceptors (Lipinski definition) is 7. The lowest BCUT2D eigenvalue weighted by Crippen LogP contribution is -2.15. The summed E-state index contributed by atoms with van der Waals surface area (Å²) in [5.41, 5.74) is 0.0142. The van der Waals surface area contributed by atoms with E-state index >= 15 is 0 Å². The number of carbonyl (C=O) groups is 3. The molecule has 0 amide bonds. The van der Waals surface area contributed by atoms with Crippen LogP contribution in [0.3, 0.4) is 0 Å². The van der Waals surface area contributed by atoms with Crippen molar-refractivity contribution in [2.75, 3.05) is 13.7 Å². The fourth-order valence-electron chi connectivity index (χ4n) is 2.26. The molecular weight excluding hydrogens is 390 g/mol. The van der Waals surface area contributed by atoms with E-state index in [0.717, 1.165) is 6.07 Å². The van der Waals surface area contributed by atoms with Gasteiger partial charge in [0.05, 0.1) is 18.5 Å². The molecule has 0 unspecified atom stereocenters. The Hall–Kier alpha value is -3.26. The lowest BCUT2D eigenvalue weighted by molar-refractivity contribution is -0.384. The number of benzene rings is 2. The summed E-state index contributed by atoms with van der Waals surface area (Å²) in [4.78, 5) is 46.0. The second-order valence-corrected chi connectivity index (χ2v) is 6.07. The van der Waals surface area contributed by atoms with Crippen molar-refractivity contribution in [2.45, 2.75) is 12.8 Å². The summed E-state index contributed by atoms with van der Waals surface area (Å²) in [6.07, 6.45) is -0.273. The molecule has 0 atom stereocenters. The topological polar surface area (TPSA) is 113 Å². The average Bonchev–Trinajstić information content (AvgIpc) is 2.70. The van der Waals surface area contributed by atoms with E-state index in [1.165, 1.54) is 19.2 Å². The van der Waals surface area contributed by atoms with E-state index in [1.807, 2.05) is 0 Å². The van der Waals surface area contributed by atoms with Gasteiger partial charge in [0.15, 0.2) is 12.4 Å². The zero-order valence-corrected chi connectivity index (χ0v) is 15.6. The third-order valence-electron chi connectivity index (χ3n) is 3.80. The molecule has 0 radical (unpaired) electrons. The van der Waals surface area contributed by atoms with Crippen molar-refractivity contribution < 1.29 is 28.8 Å². The highest BCUT2D eigenvalue weighted by atomic mass is 35.5. The molecule has 0 aliphatic rings. The van der Waals surface area contributed by atoms with Gasteiger partial charge in [-0.15, -0.1) is 0 Å². The number of rotatable bonds is 9. The quantitative estimate of drug-likeness (QED) is 0.271. The summed E-state index contributed by atoms with van der Waals surface area (Å²) in [5.74, 6) is -0.982.